The molecule has 0 N–H and O–H groups in total. The Labute approximate surface area is 119 Å². The number of benzene rings is 2. The Morgan fingerprint density at radius 3 is 2.74 bits per heavy atom. The van der Waals surface area contributed by atoms with Gasteiger partial charge in [0.15, 0.2) is 0 Å². The van der Waals surface area contributed by atoms with E-state index in [4.69, 9.17) is 10.00 Å². The molecule has 0 aliphatic carbocycles. The third-order valence-corrected chi connectivity index (χ3v) is 3.31. The molecular formula is C15H11BrFNO. The number of nitrogens with zero attached hydrogens (tertiary/aromatic N) is 1. The lowest BCUT2D eigenvalue weighted by molar-refractivity contribution is 0.467. The van der Waals surface area contributed by atoms with Crippen molar-refractivity contribution in [2.24, 2.45) is 0 Å². The van der Waals surface area contributed by atoms with Crippen molar-refractivity contribution in [2.75, 3.05) is 0 Å². The number of ether oxygens (including phenoxy) is 1. The van der Waals surface area contributed by atoms with Crippen molar-refractivity contribution in [2.45, 2.75) is 12.3 Å². The number of hydrogen-bond acceptors (Lipinski definition) is 2. The summed E-state index contributed by atoms with van der Waals surface area (Å²) >= 11 is 3.25. The Hall–Kier alpha value is -1.86. The molecule has 0 aromatic heterocycles. The fraction of sp³-hybridized carbons (Fsp3) is 0.133. The second-order valence-corrected chi connectivity index (χ2v) is 4.61. The maximum atomic E-state index is 13.6. The summed E-state index contributed by atoms with van der Waals surface area (Å²) < 4.78 is 19.4. The van der Waals surface area contributed by atoms with Crippen LogP contribution >= 0.6 is 15.9 Å². The quantitative estimate of drug-likeness (QED) is 0.769. The topological polar surface area (TPSA) is 33.0 Å². The number of halogens is 2. The van der Waals surface area contributed by atoms with Crippen molar-refractivity contribution in [3.8, 4) is 17.6 Å². The summed E-state index contributed by atoms with van der Waals surface area (Å²) in [5.74, 6) is 0.699. The summed E-state index contributed by atoms with van der Waals surface area (Å²) in [7, 11) is 0. The lowest BCUT2D eigenvalue weighted by Gasteiger charge is -2.12. The molecule has 0 fully saturated rings. The molecule has 4 heteroatoms. The zero-order chi connectivity index (χ0) is 13.8. The van der Waals surface area contributed by atoms with E-state index < -0.39 is 0 Å². The lowest BCUT2D eigenvalue weighted by atomic mass is 10.1. The highest BCUT2D eigenvalue weighted by atomic mass is 79.9. The van der Waals surface area contributed by atoms with Crippen LogP contribution in [0.5, 0.6) is 11.5 Å². The fourth-order valence-electron chi connectivity index (χ4n) is 1.66. The minimum absolute atomic E-state index is 0.316. The van der Waals surface area contributed by atoms with Gasteiger partial charge in [0.25, 0.3) is 0 Å². The van der Waals surface area contributed by atoms with Crippen LogP contribution in [0.2, 0.25) is 0 Å². The number of hydrogen-bond donors (Lipinski definition) is 0. The maximum Gasteiger partial charge on any atom is 0.134 e. The summed E-state index contributed by atoms with van der Waals surface area (Å²) in [5.41, 5.74) is 1.87. The minimum Gasteiger partial charge on any atom is -0.457 e. The molecule has 2 nitrogen and oxygen atoms in total. The minimum atomic E-state index is -0.316. The van der Waals surface area contributed by atoms with Crippen molar-refractivity contribution in [3.05, 3.63) is 58.9 Å². The van der Waals surface area contributed by atoms with E-state index in [9.17, 15) is 4.39 Å². The van der Waals surface area contributed by atoms with E-state index in [0.717, 1.165) is 5.56 Å². The summed E-state index contributed by atoms with van der Waals surface area (Å²) in [4.78, 5) is 0. The first-order chi connectivity index (χ1) is 9.15. The van der Waals surface area contributed by atoms with Gasteiger partial charge in [-0.1, -0.05) is 28.1 Å². The van der Waals surface area contributed by atoms with E-state index in [0.29, 0.717) is 28.0 Å². The number of aryl methyl sites for hydroxylation is 1. The fourth-order valence-corrected chi connectivity index (χ4v) is 2.21. The Balaban J connectivity index is 2.42. The van der Waals surface area contributed by atoms with Crippen LogP contribution in [0, 0.1) is 24.1 Å². The highest BCUT2D eigenvalue weighted by molar-refractivity contribution is 9.08. The molecule has 0 radical (unpaired) electrons. The van der Waals surface area contributed by atoms with Crippen molar-refractivity contribution in [3.63, 3.8) is 0 Å². The van der Waals surface area contributed by atoms with E-state index in [-0.39, 0.29) is 5.82 Å². The van der Waals surface area contributed by atoms with E-state index in [1.165, 1.54) is 6.07 Å². The molecule has 0 unspecified atom stereocenters. The molecule has 0 aliphatic heterocycles. The van der Waals surface area contributed by atoms with Crippen LogP contribution in [0.4, 0.5) is 4.39 Å². The molecule has 19 heavy (non-hydrogen) atoms. The predicted molar refractivity (Wildman–Crippen MR) is 75.0 cm³/mol. The van der Waals surface area contributed by atoms with Gasteiger partial charge in [-0.2, -0.15) is 5.26 Å². The number of rotatable bonds is 3. The summed E-state index contributed by atoms with van der Waals surface area (Å²) in [6, 6.07) is 11.9. The Morgan fingerprint density at radius 1 is 1.26 bits per heavy atom. The van der Waals surface area contributed by atoms with Crippen LogP contribution in [-0.2, 0) is 5.33 Å². The van der Waals surface area contributed by atoms with E-state index >= 15 is 0 Å². The second-order valence-electron chi connectivity index (χ2n) is 4.04. The van der Waals surface area contributed by atoms with Gasteiger partial charge >= 0.3 is 0 Å². The molecule has 0 heterocycles. The first-order valence-electron chi connectivity index (χ1n) is 5.67. The molecule has 0 amide bonds. The molecule has 2 rings (SSSR count). The zero-order valence-corrected chi connectivity index (χ0v) is 11.9. The monoisotopic (exact) mass is 319 g/mol. The average Bonchev–Trinajstić information content (AvgIpc) is 2.41. The van der Waals surface area contributed by atoms with Gasteiger partial charge in [0.1, 0.15) is 17.3 Å². The molecule has 96 valence electrons. The van der Waals surface area contributed by atoms with Crippen LogP contribution in [0.1, 0.15) is 16.7 Å². The first-order valence-corrected chi connectivity index (χ1v) is 6.80. The molecule has 0 atom stereocenters. The third-order valence-electron chi connectivity index (χ3n) is 2.75. The molecule has 0 saturated carbocycles. The van der Waals surface area contributed by atoms with E-state index in [1.54, 1.807) is 30.3 Å². The molecule has 2 aromatic rings. The highest BCUT2D eigenvalue weighted by Crippen LogP contribution is 2.31. The predicted octanol–water partition coefficient (Wildman–Crippen LogP) is 4.69. The Kier molecular flexibility index (Phi) is 4.18. The summed E-state index contributed by atoms with van der Waals surface area (Å²) in [6.45, 7) is 1.88. The smallest absolute Gasteiger partial charge is 0.134 e. The molecule has 0 spiro atoms. The highest BCUT2D eigenvalue weighted by Gasteiger charge is 2.10. The number of nitriles is 1. The van der Waals surface area contributed by atoms with Gasteiger partial charge in [-0.05, 0) is 36.8 Å². The summed E-state index contributed by atoms with van der Waals surface area (Å²) in [6.07, 6.45) is 0. The van der Waals surface area contributed by atoms with Gasteiger partial charge in [-0.15, -0.1) is 0 Å². The van der Waals surface area contributed by atoms with Gasteiger partial charge in [-0.3, -0.25) is 0 Å². The average molecular weight is 320 g/mol. The van der Waals surface area contributed by atoms with Crippen molar-refractivity contribution >= 4 is 15.9 Å². The van der Waals surface area contributed by atoms with Crippen molar-refractivity contribution < 1.29 is 9.13 Å². The largest absolute Gasteiger partial charge is 0.457 e. The van der Waals surface area contributed by atoms with Gasteiger partial charge in [0.05, 0.1) is 11.6 Å². The standard InChI is InChI=1S/C15H11BrFNO/c1-10-5-6-11(9-18)7-15(10)19-14-4-2-3-13(17)12(14)8-16/h2-7H,8H2,1H3. The van der Waals surface area contributed by atoms with Crippen LogP contribution in [0.15, 0.2) is 36.4 Å². The van der Waals surface area contributed by atoms with E-state index in [1.807, 2.05) is 6.92 Å². The molecule has 0 bridgehead atoms. The normalized spacial score (nSPS) is 10.0. The van der Waals surface area contributed by atoms with Crippen LogP contribution in [0.3, 0.4) is 0 Å². The second kappa shape index (κ2) is 5.85. The summed E-state index contributed by atoms with van der Waals surface area (Å²) in [5, 5.41) is 9.26. The van der Waals surface area contributed by atoms with Gasteiger partial charge in [0.2, 0.25) is 0 Å². The Morgan fingerprint density at radius 2 is 2.05 bits per heavy atom. The van der Waals surface area contributed by atoms with Crippen LogP contribution in [0.25, 0.3) is 0 Å². The first kappa shape index (κ1) is 13.6. The molecular weight excluding hydrogens is 309 g/mol. The van der Waals surface area contributed by atoms with E-state index in [2.05, 4.69) is 22.0 Å². The Bertz CT molecular complexity index is 649. The lowest BCUT2D eigenvalue weighted by Crippen LogP contribution is -1.95. The van der Waals surface area contributed by atoms with Crippen LogP contribution in [-0.4, -0.2) is 0 Å². The SMILES string of the molecule is Cc1ccc(C#N)cc1Oc1cccc(F)c1CBr. The molecule has 2 aromatic carbocycles. The molecule has 0 saturated heterocycles. The third kappa shape index (κ3) is 2.94. The zero-order valence-electron chi connectivity index (χ0n) is 10.3. The van der Waals surface area contributed by atoms with Gasteiger partial charge in [-0.25, -0.2) is 4.39 Å². The van der Waals surface area contributed by atoms with Crippen molar-refractivity contribution in [1.29, 1.82) is 5.26 Å². The van der Waals surface area contributed by atoms with Gasteiger partial charge in [0, 0.05) is 10.9 Å². The maximum absolute atomic E-state index is 13.6. The van der Waals surface area contributed by atoms with Crippen molar-refractivity contribution in [1.82, 2.24) is 0 Å². The molecule has 0 aliphatic rings. The van der Waals surface area contributed by atoms with Crippen LogP contribution < -0.4 is 4.74 Å². The number of alkyl halides is 1. The van der Waals surface area contributed by atoms with Gasteiger partial charge < -0.3 is 4.74 Å².